The highest BCUT2D eigenvalue weighted by Gasteiger charge is 2.33. The number of carbonyl (C=O) groups excluding carboxylic acids is 2. The molecule has 6 nitrogen and oxygen atoms in total. The summed E-state index contributed by atoms with van der Waals surface area (Å²) in [6.45, 7) is 7.14. The number of hydrogen-bond acceptors (Lipinski definition) is 4. The SMILES string of the molecule is CC(C)(C)C(=O)N1CCC(C(=O)Nc2sc3c(c2-c2nc4ccccc4[nH]2)CCCC3)CC1. The van der Waals surface area contributed by atoms with Crippen LogP contribution in [0.1, 0.15) is 56.9 Å². The van der Waals surface area contributed by atoms with Gasteiger partial charge < -0.3 is 15.2 Å². The highest BCUT2D eigenvalue weighted by atomic mass is 32.1. The number of aryl methyl sites for hydroxylation is 1. The molecular formula is C26H32N4O2S. The predicted molar refractivity (Wildman–Crippen MR) is 133 cm³/mol. The molecule has 0 atom stereocenters. The summed E-state index contributed by atoms with van der Waals surface area (Å²) in [6.07, 6.45) is 5.88. The second-order valence-electron chi connectivity index (χ2n) is 10.3. The molecule has 1 aliphatic carbocycles. The summed E-state index contributed by atoms with van der Waals surface area (Å²) in [5.41, 5.74) is 3.98. The van der Waals surface area contributed by atoms with E-state index in [1.54, 1.807) is 11.3 Å². The number of aromatic nitrogens is 2. The van der Waals surface area contributed by atoms with E-state index in [4.69, 9.17) is 4.98 Å². The van der Waals surface area contributed by atoms with Crippen molar-refractivity contribution in [1.29, 1.82) is 0 Å². The Labute approximate surface area is 198 Å². The second-order valence-corrected chi connectivity index (χ2v) is 11.4. The van der Waals surface area contributed by atoms with Crippen LogP contribution in [0.3, 0.4) is 0 Å². The van der Waals surface area contributed by atoms with Crippen LogP contribution in [0.2, 0.25) is 0 Å². The number of fused-ring (bicyclic) bond motifs is 2. The number of rotatable bonds is 3. The number of carbonyl (C=O) groups is 2. The minimum absolute atomic E-state index is 0.0637. The lowest BCUT2D eigenvalue weighted by atomic mass is 9.90. The van der Waals surface area contributed by atoms with Gasteiger partial charge in [0, 0.05) is 29.3 Å². The first-order valence-electron chi connectivity index (χ1n) is 12.0. The van der Waals surface area contributed by atoms with Crippen LogP contribution in [0.5, 0.6) is 0 Å². The van der Waals surface area contributed by atoms with Crippen LogP contribution < -0.4 is 5.32 Å². The van der Waals surface area contributed by atoms with Crippen LogP contribution in [-0.2, 0) is 22.4 Å². The number of amides is 2. The van der Waals surface area contributed by atoms with Crippen molar-refractivity contribution < 1.29 is 9.59 Å². The van der Waals surface area contributed by atoms with Gasteiger partial charge in [0.15, 0.2) is 0 Å². The van der Waals surface area contributed by atoms with E-state index in [-0.39, 0.29) is 23.1 Å². The molecule has 0 unspecified atom stereocenters. The van der Waals surface area contributed by atoms with Crippen molar-refractivity contribution in [2.75, 3.05) is 18.4 Å². The summed E-state index contributed by atoms with van der Waals surface area (Å²) in [5, 5.41) is 4.19. The Morgan fingerprint density at radius 2 is 1.85 bits per heavy atom. The first-order valence-corrected chi connectivity index (χ1v) is 12.8. The van der Waals surface area contributed by atoms with E-state index in [0.29, 0.717) is 25.9 Å². The number of nitrogens with zero attached hydrogens (tertiary/aromatic N) is 2. The van der Waals surface area contributed by atoms with Gasteiger partial charge in [0.1, 0.15) is 10.8 Å². The molecule has 1 saturated heterocycles. The first-order chi connectivity index (χ1) is 15.8. The standard InChI is InChI=1S/C26H32N4O2S/c1-26(2,3)25(32)30-14-12-16(13-15-30)23(31)29-24-21(17-8-4-7-11-20(17)33-24)22-27-18-9-5-6-10-19(18)28-22/h5-6,9-10,16H,4,7-8,11-15H2,1-3H3,(H,27,28)(H,29,31). The van der Waals surface area contributed by atoms with Crippen molar-refractivity contribution >= 4 is 39.2 Å². The van der Waals surface area contributed by atoms with Crippen molar-refractivity contribution in [3.63, 3.8) is 0 Å². The van der Waals surface area contributed by atoms with Gasteiger partial charge in [-0.05, 0) is 56.2 Å². The molecule has 33 heavy (non-hydrogen) atoms. The predicted octanol–water partition coefficient (Wildman–Crippen LogP) is 5.39. The van der Waals surface area contributed by atoms with Gasteiger partial charge >= 0.3 is 0 Å². The molecule has 174 valence electrons. The summed E-state index contributed by atoms with van der Waals surface area (Å²) in [7, 11) is 0. The zero-order chi connectivity index (χ0) is 23.2. The van der Waals surface area contributed by atoms with Crippen molar-refractivity contribution in [2.24, 2.45) is 11.3 Å². The molecule has 1 aromatic carbocycles. The summed E-state index contributed by atoms with van der Waals surface area (Å²) < 4.78 is 0. The van der Waals surface area contributed by atoms with Gasteiger partial charge in [0.05, 0.1) is 16.6 Å². The average Bonchev–Trinajstić information content (AvgIpc) is 3.38. The second kappa shape index (κ2) is 8.60. The molecule has 3 aromatic rings. The Balaban J connectivity index is 1.37. The molecule has 0 bridgehead atoms. The van der Waals surface area contributed by atoms with Gasteiger partial charge in [-0.3, -0.25) is 9.59 Å². The van der Waals surface area contributed by atoms with E-state index in [1.165, 1.54) is 23.3 Å². The topological polar surface area (TPSA) is 78.1 Å². The zero-order valence-corrected chi connectivity index (χ0v) is 20.5. The summed E-state index contributed by atoms with van der Waals surface area (Å²) in [6, 6.07) is 8.05. The number of para-hydroxylation sites is 2. The number of thiophene rings is 1. The zero-order valence-electron chi connectivity index (χ0n) is 19.7. The number of piperidine rings is 1. The van der Waals surface area contributed by atoms with E-state index in [0.717, 1.165) is 40.3 Å². The Kier molecular flexibility index (Phi) is 5.77. The molecule has 1 aliphatic heterocycles. The number of hydrogen-bond donors (Lipinski definition) is 2. The maximum Gasteiger partial charge on any atom is 0.228 e. The molecular weight excluding hydrogens is 432 g/mol. The Morgan fingerprint density at radius 3 is 2.58 bits per heavy atom. The molecule has 5 rings (SSSR count). The molecule has 3 heterocycles. The number of aromatic amines is 1. The number of H-pyrrole nitrogens is 1. The fourth-order valence-corrected chi connectivity index (χ4v) is 6.30. The van der Waals surface area contributed by atoms with Gasteiger partial charge in [0.2, 0.25) is 11.8 Å². The molecule has 1 fully saturated rings. The smallest absolute Gasteiger partial charge is 0.228 e. The van der Waals surface area contributed by atoms with E-state index >= 15 is 0 Å². The van der Waals surface area contributed by atoms with Gasteiger partial charge in [-0.2, -0.15) is 0 Å². The van der Waals surface area contributed by atoms with Gasteiger partial charge in [0.25, 0.3) is 0 Å². The Morgan fingerprint density at radius 1 is 1.12 bits per heavy atom. The number of nitrogens with one attached hydrogen (secondary N) is 2. The van der Waals surface area contributed by atoms with Crippen LogP contribution in [0.25, 0.3) is 22.4 Å². The van der Waals surface area contributed by atoms with Crippen molar-refractivity contribution in [1.82, 2.24) is 14.9 Å². The van der Waals surface area contributed by atoms with Crippen LogP contribution >= 0.6 is 11.3 Å². The fourth-order valence-electron chi connectivity index (χ4n) is 5.01. The first kappa shape index (κ1) is 22.1. The summed E-state index contributed by atoms with van der Waals surface area (Å²) in [5.74, 6) is 1.00. The minimum atomic E-state index is -0.382. The van der Waals surface area contributed by atoms with Crippen molar-refractivity contribution in [3.05, 3.63) is 34.7 Å². The average molecular weight is 465 g/mol. The molecule has 0 radical (unpaired) electrons. The maximum absolute atomic E-state index is 13.3. The number of likely N-dealkylation sites (tertiary alicyclic amines) is 1. The van der Waals surface area contributed by atoms with Gasteiger partial charge in [-0.1, -0.05) is 32.9 Å². The van der Waals surface area contributed by atoms with Crippen LogP contribution in [0.15, 0.2) is 24.3 Å². The lowest BCUT2D eigenvalue weighted by molar-refractivity contribution is -0.142. The number of benzene rings is 1. The van der Waals surface area contributed by atoms with Crippen LogP contribution in [-0.4, -0.2) is 39.8 Å². The van der Waals surface area contributed by atoms with E-state index in [9.17, 15) is 9.59 Å². The van der Waals surface area contributed by atoms with Crippen molar-refractivity contribution in [2.45, 2.75) is 59.3 Å². The summed E-state index contributed by atoms with van der Waals surface area (Å²) >= 11 is 1.71. The number of imidazole rings is 1. The van der Waals surface area contributed by atoms with E-state index in [2.05, 4.69) is 10.3 Å². The third kappa shape index (κ3) is 4.31. The van der Waals surface area contributed by atoms with Crippen LogP contribution in [0.4, 0.5) is 5.00 Å². The monoisotopic (exact) mass is 464 g/mol. The molecule has 2 N–H and O–H groups in total. The summed E-state index contributed by atoms with van der Waals surface area (Å²) in [4.78, 5) is 37.5. The third-order valence-electron chi connectivity index (χ3n) is 6.83. The van der Waals surface area contributed by atoms with Gasteiger partial charge in [-0.15, -0.1) is 11.3 Å². The van der Waals surface area contributed by atoms with Gasteiger partial charge in [-0.25, -0.2) is 4.98 Å². The largest absolute Gasteiger partial charge is 0.342 e. The van der Waals surface area contributed by atoms with E-state index < -0.39 is 0 Å². The lowest BCUT2D eigenvalue weighted by Crippen LogP contribution is -2.45. The maximum atomic E-state index is 13.3. The van der Waals surface area contributed by atoms with E-state index in [1.807, 2.05) is 49.9 Å². The third-order valence-corrected chi connectivity index (χ3v) is 8.04. The highest BCUT2D eigenvalue weighted by Crippen LogP contribution is 2.44. The number of anilines is 1. The molecule has 0 saturated carbocycles. The quantitative estimate of drug-likeness (QED) is 0.545. The molecule has 0 spiro atoms. The lowest BCUT2D eigenvalue weighted by Gasteiger charge is -2.35. The minimum Gasteiger partial charge on any atom is -0.342 e. The molecule has 7 heteroatoms. The van der Waals surface area contributed by atoms with Crippen molar-refractivity contribution in [3.8, 4) is 11.4 Å². The fraction of sp³-hybridized carbons (Fsp3) is 0.500. The molecule has 2 aromatic heterocycles. The Hall–Kier alpha value is -2.67. The highest BCUT2D eigenvalue weighted by molar-refractivity contribution is 7.17. The normalized spacial score (nSPS) is 17.2. The Bertz CT molecular complexity index is 1160. The molecule has 2 amide bonds. The molecule has 2 aliphatic rings. The van der Waals surface area contributed by atoms with Crippen LogP contribution in [0, 0.1) is 11.3 Å².